The van der Waals surface area contributed by atoms with Crippen molar-refractivity contribution >= 4 is 11.8 Å². The van der Waals surface area contributed by atoms with Crippen LogP contribution in [0.15, 0.2) is 35.8 Å². The number of morpholine rings is 1. The lowest BCUT2D eigenvalue weighted by Gasteiger charge is -2.36. The van der Waals surface area contributed by atoms with Crippen molar-refractivity contribution in [2.45, 2.75) is 26.7 Å². The van der Waals surface area contributed by atoms with Gasteiger partial charge in [0.25, 0.3) is 0 Å². The van der Waals surface area contributed by atoms with Gasteiger partial charge < -0.3 is 19.4 Å². The Hall–Kier alpha value is -2.75. The summed E-state index contributed by atoms with van der Waals surface area (Å²) in [6, 6.07) is 0. The van der Waals surface area contributed by atoms with E-state index in [1.807, 2.05) is 12.4 Å². The zero-order chi connectivity index (χ0) is 24.5. The second-order valence-corrected chi connectivity index (χ2v) is 10.4. The van der Waals surface area contributed by atoms with Gasteiger partial charge in [-0.15, -0.1) is 0 Å². The molecule has 192 valence electrons. The maximum absolute atomic E-state index is 5.58. The molecule has 2 fully saturated rings. The van der Waals surface area contributed by atoms with Crippen molar-refractivity contribution in [2.24, 2.45) is 5.92 Å². The summed E-state index contributed by atoms with van der Waals surface area (Å²) in [5.74, 6) is 2.40. The molecular weight excluding hydrogens is 452 g/mol. The molecule has 2 aromatic rings. The van der Waals surface area contributed by atoms with E-state index in [2.05, 4.69) is 55.8 Å². The van der Waals surface area contributed by atoms with Gasteiger partial charge in [-0.05, 0) is 31.4 Å². The van der Waals surface area contributed by atoms with E-state index < -0.39 is 0 Å². The summed E-state index contributed by atoms with van der Waals surface area (Å²) in [6.45, 7) is 15.6. The molecule has 9 nitrogen and oxygen atoms in total. The smallest absolute Gasteiger partial charge is 0.228 e. The predicted molar refractivity (Wildman–Crippen MR) is 142 cm³/mol. The predicted octanol–water partition coefficient (Wildman–Crippen LogP) is 2.55. The SMILES string of the molecule is CCN1CCN(CC2=CC=C(N3CCc4c(-c5cn[nH]c5)nc(N5CCOCC5)nc43)CC2C)CC1. The molecule has 1 unspecified atom stereocenters. The summed E-state index contributed by atoms with van der Waals surface area (Å²) in [7, 11) is 0. The molecule has 4 aliphatic rings. The number of allylic oxidation sites excluding steroid dienone is 3. The average Bonchev–Trinajstić information content (AvgIpc) is 3.61. The van der Waals surface area contributed by atoms with E-state index in [9.17, 15) is 0 Å². The fraction of sp³-hybridized carbons (Fsp3) is 0.593. The number of hydrogen-bond acceptors (Lipinski definition) is 8. The zero-order valence-electron chi connectivity index (χ0n) is 21.6. The number of nitrogens with one attached hydrogen (secondary N) is 1. The van der Waals surface area contributed by atoms with Crippen LogP contribution in [0.4, 0.5) is 11.8 Å². The van der Waals surface area contributed by atoms with Crippen molar-refractivity contribution in [2.75, 3.05) is 81.9 Å². The normalized spacial score (nSPS) is 23.6. The summed E-state index contributed by atoms with van der Waals surface area (Å²) < 4.78 is 5.58. The molecule has 9 heteroatoms. The van der Waals surface area contributed by atoms with Crippen molar-refractivity contribution in [1.29, 1.82) is 0 Å². The average molecular weight is 491 g/mol. The molecule has 2 saturated heterocycles. The Labute approximate surface area is 213 Å². The van der Waals surface area contributed by atoms with Crippen LogP contribution in [-0.2, 0) is 11.2 Å². The molecule has 0 saturated carbocycles. The number of fused-ring (bicyclic) bond motifs is 1. The molecule has 5 heterocycles. The van der Waals surface area contributed by atoms with Gasteiger partial charge in [-0.1, -0.05) is 25.5 Å². The highest BCUT2D eigenvalue weighted by atomic mass is 16.5. The number of piperazine rings is 1. The highest BCUT2D eigenvalue weighted by Crippen LogP contribution is 2.39. The van der Waals surface area contributed by atoms with Crippen molar-refractivity contribution in [3.05, 3.63) is 41.4 Å². The molecule has 0 radical (unpaired) electrons. The van der Waals surface area contributed by atoms with Crippen LogP contribution in [0.25, 0.3) is 11.3 Å². The first-order chi connectivity index (χ1) is 17.7. The summed E-state index contributed by atoms with van der Waals surface area (Å²) in [5, 5.41) is 7.15. The standard InChI is InChI=1S/C27H38N8O/c1-3-32-8-10-33(11-9-32)19-21-4-5-23(16-20(21)2)35-7-6-24-25(22-17-28-29-18-22)30-27(31-26(24)35)34-12-14-36-15-13-34/h4-5,17-18,20H,3,6-16,19H2,1-2H3,(H,28,29). The lowest BCUT2D eigenvalue weighted by Crippen LogP contribution is -2.47. The Bertz CT molecular complexity index is 1110. The van der Waals surface area contributed by atoms with Gasteiger partial charge in [0.15, 0.2) is 0 Å². The van der Waals surface area contributed by atoms with Crippen LogP contribution < -0.4 is 9.80 Å². The molecule has 0 amide bonds. The van der Waals surface area contributed by atoms with Crippen LogP contribution >= 0.6 is 0 Å². The van der Waals surface area contributed by atoms with Crippen molar-refractivity contribution in [3.8, 4) is 11.3 Å². The molecule has 0 aromatic carbocycles. The number of rotatable bonds is 6. The Kier molecular flexibility index (Phi) is 6.77. The molecule has 0 bridgehead atoms. The van der Waals surface area contributed by atoms with Gasteiger partial charge in [-0.2, -0.15) is 10.1 Å². The van der Waals surface area contributed by atoms with E-state index >= 15 is 0 Å². The molecule has 2 aromatic heterocycles. The van der Waals surface area contributed by atoms with E-state index in [0.29, 0.717) is 5.92 Å². The molecule has 36 heavy (non-hydrogen) atoms. The fourth-order valence-corrected chi connectivity index (χ4v) is 5.86. The largest absolute Gasteiger partial charge is 0.378 e. The Morgan fingerprint density at radius 2 is 1.81 bits per heavy atom. The zero-order valence-corrected chi connectivity index (χ0v) is 21.6. The minimum Gasteiger partial charge on any atom is -0.378 e. The quantitative estimate of drug-likeness (QED) is 0.662. The van der Waals surface area contributed by atoms with Gasteiger partial charge in [0.2, 0.25) is 5.95 Å². The summed E-state index contributed by atoms with van der Waals surface area (Å²) in [6.07, 6.45) is 10.5. The summed E-state index contributed by atoms with van der Waals surface area (Å²) >= 11 is 0. The number of anilines is 2. The van der Waals surface area contributed by atoms with Crippen LogP contribution in [0, 0.1) is 5.92 Å². The second-order valence-electron chi connectivity index (χ2n) is 10.4. The number of nitrogens with zero attached hydrogens (tertiary/aromatic N) is 7. The number of aromatic nitrogens is 4. The van der Waals surface area contributed by atoms with E-state index in [1.165, 1.54) is 37.4 Å². The number of H-pyrrole nitrogens is 1. The fourth-order valence-electron chi connectivity index (χ4n) is 5.86. The molecule has 1 atom stereocenters. The molecule has 3 aliphatic heterocycles. The lowest BCUT2D eigenvalue weighted by atomic mass is 9.90. The molecule has 0 spiro atoms. The van der Waals surface area contributed by atoms with Gasteiger partial charge in [-0.3, -0.25) is 10.00 Å². The number of ether oxygens (including phenoxy) is 1. The Morgan fingerprint density at radius 1 is 1.00 bits per heavy atom. The van der Waals surface area contributed by atoms with Crippen LogP contribution in [0.2, 0.25) is 0 Å². The maximum atomic E-state index is 5.58. The Morgan fingerprint density at radius 3 is 2.53 bits per heavy atom. The first-order valence-corrected chi connectivity index (χ1v) is 13.5. The third-order valence-electron chi connectivity index (χ3n) is 8.18. The van der Waals surface area contributed by atoms with Gasteiger partial charge in [0.1, 0.15) is 5.82 Å². The minimum absolute atomic E-state index is 0.534. The number of likely N-dealkylation sites (N-methyl/N-ethyl adjacent to an activating group) is 1. The van der Waals surface area contributed by atoms with E-state index in [4.69, 9.17) is 14.7 Å². The third kappa shape index (κ3) is 4.67. The van der Waals surface area contributed by atoms with Crippen LogP contribution in [0.5, 0.6) is 0 Å². The van der Waals surface area contributed by atoms with Gasteiger partial charge in [0, 0.05) is 75.4 Å². The monoisotopic (exact) mass is 490 g/mol. The lowest BCUT2D eigenvalue weighted by molar-refractivity contribution is 0.122. The minimum atomic E-state index is 0.534. The molecule has 1 aliphatic carbocycles. The van der Waals surface area contributed by atoms with E-state index in [-0.39, 0.29) is 0 Å². The first kappa shape index (κ1) is 23.6. The number of hydrogen-bond donors (Lipinski definition) is 1. The molecule has 1 N–H and O–H groups in total. The third-order valence-corrected chi connectivity index (χ3v) is 8.18. The number of aromatic amines is 1. The van der Waals surface area contributed by atoms with Crippen LogP contribution in [0.3, 0.4) is 0 Å². The summed E-state index contributed by atoms with van der Waals surface area (Å²) in [5.41, 5.74) is 6.18. The van der Waals surface area contributed by atoms with E-state index in [0.717, 1.165) is 81.8 Å². The van der Waals surface area contributed by atoms with Gasteiger partial charge in [-0.25, -0.2) is 4.98 Å². The van der Waals surface area contributed by atoms with Crippen molar-refractivity contribution in [3.63, 3.8) is 0 Å². The topological polar surface area (TPSA) is 76.7 Å². The van der Waals surface area contributed by atoms with Crippen molar-refractivity contribution < 1.29 is 4.74 Å². The van der Waals surface area contributed by atoms with Crippen LogP contribution in [0.1, 0.15) is 25.8 Å². The molecule has 6 rings (SSSR count). The highest BCUT2D eigenvalue weighted by Gasteiger charge is 2.32. The second kappa shape index (κ2) is 10.3. The van der Waals surface area contributed by atoms with Gasteiger partial charge >= 0.3 is 0 Å². The highest BCUT2D eigenvalue weighted by molar-refractivity contribution is 5.73. The maximum Gasteiger partial charge on any atom is 0.228 e. The summed E-state index contributed by atoms with van der Waals surface area (Å²) in [4.78, 5) is 20.0. The first-order valence-electron chi connectivity index (χ1n) is 13.5. The Balaban J connectivity index is 1.26. The van der Waals surface area contributed by atoms with Gasteiger partial charge in [0.05, 0.1) is 25.1 Å². The van der Waals surface area contributed by atoms with E-state index in [1.54, 1.807) is 5.57 Å². The van der Waals surface area contributed by atoms with Crippen molar-refractivity contribution in [1.82, 2.24) is 30.0 Å². The molecular formula is C27H38N8O. The van der Waals surface area contributed by atoms with Crippen LogP contribution in [-0.4, -0.2) is 102 Å².